The van der Waals surface area contributed by atoms with Crippen molar-refractivity contribution in [3.8, 4) is 5.75 Å². The number of carbonyl (C=O) groups is 1. The number of benzene rings is 1. The van der Waals surface area contributed by atoms with Crippen molar-refractivity contribution in [2.24, 2.45) is 0 Å². The molecular formula is C12H14O4. The summed E-state index contributed by atoms with van der Waals surface area (Å²) in [6.07, 6.45) is 0.131. The van der Waals surface area contributed by atoms with E-state index in [9.17, 15) is 4.79 Å². The molecule has 0 radical (unpaired) electrons. The number of carboxylic acids is 1. The second-order valence-electron chi connectivity index (χ2n) is 4.35. The van der Waals surface area contributed by atoms with Crippen molar-refractivity contribution < 1.29 is 19.4 Å². The molecule has 1 aliphatic rings. The number of aromatic carboxylic acids is 1. The van der Waals surface area contributed by atoms with Crippen LogP contribution in [0, 0.1) is 0 Å². The molecule has 0 aliphatic carbocycles. The third kappa shape index (κ3) is 2.33. The topological polar surface area (TPSA) is 59.1 Å². The number of rotatable bonds is 4. The molecule has 0 amide bonds. The van der Waals surface area contributed by atoms with Crippen LogP contribution < -0.4 is 4.74 Å². The van der Waals surface area contributed by atoms with E-state index in [2.05, 4.69) is 0 Å². The number of epoxide rings is 1. The highest BCUT2D eigenvalue weighted by atomic mass is 16.6. The van der Waals surface area contributed by atoms with Gasteiger partial charge in [-0.1, -0.05) is 0 Å². The van der Waals surface area contributed by atoms with Gasteiger partial charge >= 0.3 is 5.97 Å². The van der Waals surface area contributed by atoms with Gasteiger partial charge in [-0.3, -0.25) is 0 Å². The summed E-state index contributed by atoms with van der Waals surface area (Å²) in [4.78, 5) is 10.6. The van der Waals surface area contributed by atoms with Crippen molar-refractivity contribution in [2.75, 3.05) is 6.61 Å². The number of ether oxygens (including phenoxy) is 2. The average Bonchev–Trinajstić information content (AvgIpc) is 2.84. The van der Waals surface area contributed by atoms with Gasteiger partial charge in [0.15, 0.2) is 0 Å². The third-order valence-electron chi connectivity index (χ3n) is 2.67. The van der Waals surface area contributed by atoms with E-state index in [1.807, 2.05) is 13.8 Å². The molecule has 2 rings (SSSR count). The molecule has 1 atom stereocenters. The molecule has 1 heterocycles. The van der Waals surface area contributed by atoms with Crippen molar-refractivity contribution in [3.05, 3.63) is 29.8 Å². The maximum Gasteiger partial charge on any atom is 0.335 e. The molecule has 1 unspecified atom stereocenters. The van der Waals surface area contributed by atoms with E-state index in [1.54, 1.807) is 12.1 Å². The smallest absolute Gasteiger partial charge is 0.335 e. The van der Waals surface area contributed by atoms with E-state index >= 15 is 0 Å². The molecular weight excluding hydrogens is 208 g/mol. The minimum atomic E-state index is -0.932. The van der Waals surface area contributed by atoms with Crippen molar-refractivity contribution in [1.82, 2.24) is 0 Å². The minimum absolute atomic E-state index is 0.0823. The Bertz CT molecular complexity index is 394. The Kier molecular flexibility index (Phi) is 2.59. The van der Waals surface area contributed by atoms with Crippen molar-refractivity contribution in [2.45, 2.75) is 25.6 Å². The molecule has 4 nitrogen and oxygen atoms in total. The van der Waals surface area contributed by atoms with Crippen LogP contribution in [0.2, 0.25) is 0 Å². The molecule has 16 heavy (non-hydrogen) atoms. The van der Waals surface area contributed by atoms with Gasteiger partial charge in [0, 0.05) is 0 Å². The van der Waals surface area contributed by atoms with Crippen LogP contribution in [-0.2, 0) is 4.74 Å². The summed E-state index contributed by atoms with van der Waals surface area (Å²) in [6, 6.07) is 6.35. The van der Waals surface area contributed by atoms with Gasteiger partial charge in [0.05, 0.1) is 11.2 Å². The Hall–Kier alpha value is -1.55. The molecule has 86 valence electrons. The summed E-state index contributed by atoms with van der Waals surface area (Å²) >= 11 is 0. The van der Waals surface area contributed by atoms with Gasteiger partial charge in [0.1, 0.15) is 18.5 Å². The maximum atomic E-state index is 10.6. The highest BCUT2D eigenvalue weighted by Crippen LogP contribution is 2.35. The molecule has 1 N–H and O–H groups in total. The average molecular weight is 222 g/mol. The first-order chi connectivity index (χ1) is 7.49. The standard InChI is InChI=1S/C12H14O4/c1-12(2)10(16-12)7-15-9-5-3-8(4-6-9)11(13)14/h3-6,10H,7H2,1-2H3,(H,13,14). The van der Waals surface area contributed by atoms with Crippen molar-refractivity contribution in [3.63, 3.8) is 0 Å². The zero-order chi connectivity index (χ0) is 11.8. The fraction of sp³-hybridized carbons (Fsp3) is 0.417. The van der Waals surface area contributed by atoms with Gasteiger partial charge in [-0.2, -0.15) is 0 Å². The van der Waals surface area contributed by atoms with Crippen LogP contribution >= 0.6 is 0 Å². The van der Waals surface area contributed by atoms with Crippen LogP contribution in [0.1, 0.15) is 24.2 Å². The quantitative estimate of drug-likeness (QED) is 0.791. The number of carboxylic acid groups (broad SMARTS) is 1. The highest BCUT2D eigenvalue weighted by Gasteiger charge is 2.48. The Labute approximate surface area is 93.8 Å². The van der Waals surface area contributed by atoms with Gasteiger partial charge in [0.2, 0.25) is 0 Å². The summed E-state index contributed by atoms with van der Waals surface area (Å²) in [7, 11) is 0. The van der Waals surface area contributed by atoms with E-state index < -0.39 is 5.97 Å². The van der Waals surface area contributed by atoms with Crippen LogP contribution in [0.3, 0.4) is 0 Å². The Morgan fingerprint density at radius 2 is 2.00 bits per heavy atom. The molecule has 1 aromatic rings. The molecule has 0 aromatic heterocycles. The monoisotopic (exact) mass is 222 g/mol. The van der Waals surface area contributed by atoms with E-state index in [-0.39, 0.29) is 17.3 Å². The van der Waals surface area contributed by atoms with Crippen LogP contribution in [-0.4, -0.2) is 29.4 Å². The fourth-order valence-corrected chi connectivity index (χ4v) is 1.43. The zero-order valence-electron chi connectivity index (χ0n) is 9.27. The molecule has 0 bridgehead atoms. The molecule has 1 saturated heterocycles. The lowest BCUT2D eigenvalue weighted by molar-refractivity contribution is 0.0697. The second-order valence-corrected chi connectivity index (χ2v) is 4.35. The van der Waals surface area contributed by atoms with E-state index in [1.165, 1.54) is 12.1 Å². The lowest BCUT2D eigenvalue weighted by atomic mass is 10.1. The van der Waals surface area contributed by atoms with Gasteiger partial charge < -0.3 is 14.6 Å². The summed E-state index contributed by atoms with van der Waals surface area (Å²) in [5.74, 6) is -0.269. The summed E-state index contributed by atoms with van der Waals surface area (Å²) in [6.45, 7) is 4.52. The third-order valence-corrected chi connectivity index (χ3v) is 2.67. The van der Waals surface area contributed by atoms with E-state index in [0.29, 0.717) is 12.4 Å². The molecule has 1 fully saturated rings. The first-order valence-electron chi connectivity index (χ1n) is 5.13. The lowest BCUT2D eigenvalue weighted by Gasteiger charge is -2.04. The largest absolute Gasteiger partial charge is 0.491 e. The summed E-state index contributed by atoms with van der Waals surface area (Å²) in [5.41, 5.74) is 0.177. The van der Waals surface area contributed by atoms with Crippen molar-refractivity contribution in [1.29, 1.82) is 0 Å². The first kappa shape index (κ1) is 11.0. The summed E-state index contributed by atoms with van der Waals surface area (Å²) < 4.78 is 10.9. The van der Waals surface area contributed by atoms with Gasteiger partial charge in [-0.15, -0.1) is 0 Å². The van der Waals surface area contributed by atoms with Crippen LogP contribution in [0.5, 0.6) is 5.75 Å². The van der Waals surface area contributed by atoms with Gasteiger partial charge in [-0.05, 0) is 38.1 Å². The fourth-order valence-electron chi connectivity index (χ4n) is 1.43. The SMILES string of the molecule is CC1(C)OC1COc1ccc(C(=O)O)cc1. The maximum absolute atomic E-state index is 10.6. The van der Waals surface area contributed by atoms with Crippen LogP contribution in [0.25, 0.3) is 0 Å². The molecule has 4 heteroatoms. The normalized spacial score (nSPS) is 21.5. The Morgan fingerprint density at radius 1 is 1.44 bits per heavy atom. The Balaban J connectivity index is 1.88. The van der Waals surface area contributed by atoms with Crippen LogP contribution in [0.4, 0.5) is 0 Å². The Morgan fingerprint density at radius 3 is 2.44 bits per heavy atom. The molecule has 0 saturated carbocycles. The summed E-state index contributed by atoms with van der Waals surface area (Å²) in [5, 5.41) is 8.71. The van der Waals surface area contributed by atoms with E-state index in [0.717, 1.165) is 0 Å². The number of hydrogen-bond acceptors (Lipinski definition) is 3. The van der Waals surface area contributed by atoms with E-state index in [4.69, 9.17) is 14.6 Å². The van der Waals surface area contributed by atoms with Gasteiger partial charge in [0.25, 0.3) is 0 Å². The molecule has 1 aliphatic heterocycles. The predicted molar refractivity (Wildman–Crippen MR) is 57.8 cm³/mol. The minimum Gasteiger partial charge on any atom is -0.491 e. The lowest BCUT2D eigenvalue weighted by Crippen LogP contribution is -2.12. The first-order valence-corrected chi connectivity index (χ1v) is 5.13. The zero-order valence-corrected chi connectivity index (χ0v) is 9.27. The highest BCUT2D eigenvalue weighted by molar-refractivity contribution is 5.87. The van der Waals surface area contributed by atoms with Crippen molar-refractivity contribution >= 4 is 5.97 Å². The molecule has 1 aromatic carbocycles. The number of hydrogen-bond donors (Lipinski definition) is 1. The second kappa shape index (κ2) is 3.79. The predicted octanol–water partition coefficient (Wildman–Crippen LogP) is 1.94. The molecule has 0 spiro atoms. The van der Waals surface area contributed by atoms with Crippen LogP contribution in [0.15, 0.2) is 24.3 Å². The van der Waals surface area contributed by atoms with Gasteiger partial charge in [-0.25, -0.2) is 4.79 Å².